The highest BCUT2D eigenvalue weighted by Crippen LogP contribution is 2.25. The number of nitrogens with zero attached hydrogens (tertiary/aromatic N) is 3. The molecule has 0 atom stereocenters. The second-order valence-corrected chi connectivity index (χ2v) is 6.91. The molecular formula is C20H23N5O2S. The van der Waals surface area contributed by atoms with Crippen molar-refractivity contribution in [2.24, 2.45) is 0 Å². The largest absolute Gasteiger partial charge is 0.494 e. The van der Waals surface area contributed by atoms with E-state index in [0.717, 1.165) is 22.8 Å². The van der Waals surface area contributed by atoms with Crippen LogP contribution in [-0.4, -0.2) is 33.0 Å². The van der Waals surface area contributed by atoms with Gasteiger partial charge < -0.3 is 20.4 Å². The fourth-order valence-electron chi connectivity index (χ4n) is 2.65. The molecule has 8 heteroatoms. The summed E-state index contributed by atoms with van der Waals surface area (Å²) < 4.78 is 7.39. The zero-order chi connectivity index (χ0) is 19.9. The summed E-state index contributed by atoms with van der Waals surface area (Å²) in [5, 5.41) is 12.1. The second-order valence-electron chi connectivity index (χ2n) is 5.97. The summed E-state index contributed by atoms with van der Waals surface area (Å²) in [5.41, 5.74) is 8.12. The first-order valence-electron chi connectivity index (χ1n) is 9.05. The average Bonchev–Trinajstić information content (AvgIpc) is 3.11. The minimum Gasteiger partial charge on any atom is -0.494 e. The van der Waals surface area contributed by atoms with Crippen molar-refractivity contribution < 1.29 is 9.53 Å². The Labute approximate surface area is 168 Å². The Morgan fingerprint density at radius 2 is 1.82 bits per heavy atom. The van der Waals surface area contributed by atoms with Gasteiger partial charge in [0.1, 0.15) is 5.75 Å². The Morgan fingerprint density at radius 3 is 2.46 bits per heavy atom. The van der Waals surface area contributed by atoms with E-state index in [1.165, 1.54) is 11.8 Å². The molecule has 1 aromatic heterocycles. The summed E-state index contributed by atoms with van der Waals surface area (Å²) in [6, 6.07) is 14.8. The Hall–Kier alpha value is -3.00. The molecule has 7 nitrogen and oxygen atoms in total. The van der Waals surface area contributed by atoms with E-state index < -0.39 is 0 Å². The van der Waals surface area contributed by atoms with Gasteiger partial charge in [-0.3, -0.25) is 4.79 Å². The zero-order valence-electron chi connectivity index (χ0n) is 15.9. The van der Waals surface area contributed by atoms with E-state index in [9.17, 15) is 4.79 Å². The summed E-state index contributed by atoms with van der Waals surface area (Å²) in [4.78, 5) is 12.3. The number of amides is 1. The molecule has 0 spiro atoms. The number of aromatic nitrogens is 3. The van der Waals surface area contributed by atoms with Gasteiger partial charge in [0.05, 0.1) is 12.4 Å². The third kappa shape index (κ3) is 4.83. The zero-order valence-corrected chi connectivity index (χ0v) is 16.7. The number of hydrogen-bond donors (Lipinski definition) is 2. The lowest BCUT2D eigenvalue weighted by Crippen LogP contribution is -2.14. The second kappa shape index (κ2) is 9.27. The third-order valence-corrected chi connectivity index (χ3v) is 4.95. The number of carbonyl (C=O) groups is 1. The van der Waals surface area contributed by atoms with E-state index in [-0.39, 0.29) is 11.7 Å². The molecule has 3 rings (SSSR count). The highest BCUT2D eigenvalue weighted by atomic mass is 32.2. The Kier molecular flexibility index (Phi) is 6.54. The lowest BCUT2D eigenvalue weighted by Gasteiger charge is -2.08. The van der Waals surface area contributed by atoms with Crippen molar-refractivity contribution in [1.29, 1.82) is 0 Å². The molecule has 0 aliphatic heterocycles. The van der Waals surface area contributed by atoms with Crippen LogP contribution in [0, 0.1) is 0 Å². The number of anilines is 2. The van der Waals surface area contributed by atoms with Crippen molar-refractivity contribution in [3.05, 3.63) is 48.5 Å². The van der Waals surface area contributed by atoms with Crippen LogP contribution in [0.3, 0.4) is 0 Å². The molecule has 3 N–H and O–H groups in total. The van der Waals surface area contributed by atoms with E-state index in [0.29, 0.717) is 24.0 Å². The van der Waals surface area contributed by atoms with E-state index in [2.05, 4.69) is 15.5 Å². The number of ether oxygens (including phenoxy) is 1. The van der Waals surface area contributed by atoms with E-state index in [4.69, 9.17) is 10.5 Å². The summed E-state index contributed by atoms with van der Waals surface area (Å²) in [6.07, 6.45) is 0. The van der Waals surface area contributed by atoms with Crippen LogP contribution in [0.5, 0.6) is 5.75 Å². The number of nitrogens with two attached hydrogens (primary N) is 1. The predicted molar refractivity (Wildman–Crippen MR) is 113 cm³/mol. The molecule has 0 saturated carbocycles. The molecule has 0 unspecified atom stereocenters. The van der Waals surface area contributed by atoms with Crippen molar-refractivity contribution in [2.75, 3.05) is 23.4 Å². The van der Waals surface area contributed by atoms with Crippen LogP contribution in [0.2, 0.25) is 0 Å². The van der Waals surface area contributed by atoms with Crippen LogP contribution in [-0.2, 0) is 11.3 Å². The van der Waals surface area contributed by atoms with E-state index >= 15 is 0 Å². The lowest BCUT2D eigenvalue weighted by atomic mass is 10.2. The molecule has 0 saturated heterocycles. The topological polar surface area (TPSA) is 95.1 Å². The Bertz CT molecular complexity index is 923. The highest BCUT2D eigenvalue weighted by molar-refractivity contribution is 7.99. The first kappa shape index (κ1) is 19.8. The number of hydrogen-bond acceptors (Lipinski definition) is 6. The van der Waals surface area contributed by atoms with Crippen LogP contribution < -0.4 is 15.8 Å². The summed E-state index contributed by atoms with van der Waals surface area (Å²) in [5.74, 6) is 1.68. The number of thioether (sulfide) groups is 1. The molecule has 3 aromatic rings. The summed E-state index contributed by atoms with van der Waals surface area (Å²) in [7, 11) is 0. The van der Waals surface area contributed by atoms with Crippen molar-refractivity contribution in [3.8, 4) is 17.1 Å². The van der Waals surface area contributed by atoms with Gasteiger partial charge in [-0.25, -0.2) is 0 Å². The Morgan fingerprint density at radius 1 is 1.11 bits per heavy atom. The maximum Gasteiger partial charge on any atom is 0.234 e. The number of benzene rings is 2. The first-order valence-corrected chi connectivity index (χ1v) is 10.0. The molecule has 1 heterocycles. The van der Waals surface area contributed by atoms with Crippen molar-refractivity contribution in [3.63, 3.8) is 0 Å². The van der Waals surface area contributed by atoms with Crippen LogP contribution >= 0.6 is 11.8 Å². The van der Waals surface area contributed by atoms with Gasteiger partial charge in [0, 0.05) is 23.5 Å². The van der Waals surface area contributed by atoms with Gasteiger partial charge in [0.25, 0.3) is 0 Å². The van der Waals surface area contributed by atoms with Crippen LogP contribution in [0.15, 0.2) is 53.7 Å². The van der Waals surface area contributed by atoms with Gasteiger partial charge in [-0.15, -0.1) is 10.2 Å². The maximum absolute atomic E-state index is 12.3. The van der Waals surface area contributed by atoms with Crippen molar-refractivity contribution in [2.45, 2.75) is 25.5 Å². The SMILES string of the molecule is CCOc1ccc(NC(=O)CSc2nnc(-c3ccc(N)cc3)n2CC)cc1. The lowest BCUT2D eigenvalue weighted by molar-refractivity contribution is -0.113. The smallest absolute Gasteiger partial charge is 0.234 e. The number of nitrogen functional groups attached to an aromatic ring is 1. The number of carbonyl (C=O) groups excluding carboxylic acids is 1. The number of nitrogens with one attached hydrogen (secondary N) is 1. The minimum atomic E-state index is -0.103. The van der Waals surface area contributed by atoms with Crippen molar-refractivity contribution >= 4 is 29.0 Å². The minimum absolute atomic E-state index is 0.103. The van der Waals surface area contributed by atoms with E-state index in [1.54, 1.807) is 0 Å². The normalized spacial score (nSPS) is 10.6. The van der Waals surface area contributed by atoms with Crippen LogP contribution in [0.25, 0.3) is 11.4 Å². The molecule has 0 bridgehead atoms. The van der Waals surface area contributed by atoms with Gasteiger partial charge in [0.15, 0.2) is 11.0 Å². The fourth-order valence-corrected chi connectivity index (χ4v) is 3.46. The van der Waals surface area contributed by atoms with Crippen molar-refractivity contribution in [1.82, 2.24) is 14.8 Å². The predicted octanol–water partition coefficient (Wildman–Crippen LogP) is 3.68. The highest BCUT2D eigenvalue weighted by Gasteiger charge is 2.14. The molecule has 0 aliphatic carbocycles. The Balaban J connectivity index is 1.62. The molecule has 28 heavy (non-hydrogen) atoms. The summed E-state index contributed by atoms with van der Waals surface area (Å²) in [6.45, 7) is 5.27. The standard InChI is InChI=1S/C20H23N5O2S/c1-3-25-19(14-5-7-15(21)8-6-14)23-24-20(25)28-13-18(26)22-16-9-11-17(12-10-16)27-4-2/h5-12H,3-4,13,21H2,1-2H3,(H,22,26). The molecule has 0 fully saturated rings. The van der Waals surface area contributed by atoms with Gasteiger partial charge in [-0.1, -0.05) is 11.8 Å². The molecule has 2 aromatic carbocycles. The molecule has 0 radical (unpaired) electrons. The quantitative estimate of drug-likeness (QED) is 0.445. The molecule has 0 aliphatic rings. The molecule has 146 valence electrons. The third-order valence-electron chi connectivity index (χ3n) is 3.98. The van der Waals surface area contributed by atoms with Gasteiger partial charge >= 0.3 is 0 Å². The molecule has 1 amide bonds. The van der Waals surface area contributed by atoms with Gasteiger partial charge in [0.2, 0.25) is 5.91 Å². The van der Waals surface area contributed by atoms with E-state index in [1.807, 2.05) is 66.9 Å². The molecular weight excluding hydrogens is 374 g/mol. The van der Waals surface area contributed by atoms with Gasteiger partial charge in [-0.05, 0) is 62.4 Å². The summed E-state index contributed by atoms with van der Waals surface area (Å²) >= 11 is 1.36. The van der Waals surface area contributed by atoms with Crippen LogP contribution in [0.4, 0.5) is 11.4 Å². The number of rotatable bonds is 8. The first-order chi connectivity index (χ1) is 13.6. The monoisotopic (exact) mass is 397 g/mol. The fraction of sp³-hybridized carbons (Fsp3) is 0.250. The average molecular weight is 398 g/mol. The van der Waals surface area contributed by atoms with Crippen LogP contribution in [0.1, 0.15) is 13.8 Å². The van der Waals surface area contributed by atoms with Gasteiger partial charge in [-0.2, -0.15) is 0 Å². The maximum atomic E-state index is 12.3.